The van der Waals surface area contributed by atoms with Crippen molar-refractivity contribution < 1.29 is 0 Å². The zero-order valence-corrected chi connectivity index (χ0v) is 15.1. The number of likely N-dealkylation sites (N-methyl/N-ethyl adjacent to an activating group) is 1. The number of fused-ring (bicyclic) bond motifs is 1. The standard InChI is InChI=1S/C16H21BrClN3/c1-11(18)15-19-13-9-12(17)5-6-14(13)21(15)10-16(20(2)3)7-4-8-16/h5-6,9,11H,4,7-8,10H2,1-3H3. The van der Waals surface area contributed by atoms with Gasteiger partial charge in [0.15, 0.2) is 0 Å². The zero-order valence-electron chi connectivity index (χ0n) is 12.7. The Hall–Kier alpha value is -0.580. The Bertz CT molecular complexity index is 659. The molecule has 0 bridgehead atoms. The van der Waals surface area contributed by atoms with Crippen molar-refractivity contribution in [2.45, 2.75) is 43.6 Å². The lowest BCUT2D eigenvalue weighted by Gasteiger charge is -2.48. The SMILES string of the molecule is CC(Cl)c1nc2cc(Br)ccc2n1CC1(N(C)C)CCC1. The molecule has 0 spiro atoms. The van der Waals surface area contributed by atoms with Gasteiger partial charge in [-0.15, -0.1) is 11.6 Å². The Morgan fingerprint density at radius 1 is 1.43 bits per heavy atom. The first kappa shape index (κ1) is 15.3. The Morgan fingerprint density at radius 2 is 2.14 bits per heavy atom. The fraction of sp³-hybridized carbons (Fsp3) is 0.562. The van der Waals surface area contributed by atoms with E-state index in [4.69, 9.17) is 16.6 Å². The highest BCUT2D eigenvalue weighted by Crippen LogP contribution is 2.39. The van der Waals surface area contributed by atoms with Crippen LogP contribution in [0.25, 0.3) is 11.0 Å². The van der Waals surface area contributed by atoms with Crippen molar-refractivity contribution in [1.82, 2.24) is 14.5 Å². The van der Waals surface area contributed by atoms with Gasteiger partial charge < -0.3 is 9.47 Å². The first-order chi connectivity index (χ1) is 9.93. The highest BCUT2D eigenvalue weighted by atomic mass is 79.9. The minimum atomic E-state index is -0.0875. The summed E-state index contributed by atoms with van der Waals surface area (Å²) in [5.74, 6) is 0.970. The van der Waals surface area contributed by atoms with Crippen molar-refractivity contribution in [3.63, 3.8) is 0 Å². The maximum Gasteiger partial charge on any atom is 0.127 e. The molecule has 0 saturated heterocycles. The predicted molar refractivity (Wildman–Crippen MR) is 92.0 cm³/mol. The molecule has 2 aromatic rings. The molecule has 1 aromatic carbocycles. The van der Waals surface area contributed by atoms with Crippen molar-refractivity contribution >= 4 is 38.6 Å². The summed E-state index contributed by atoms with van der Waals surface area (Å²) < 4.78 is 3.37. The Balaban J connectivity index is 2.09. The van der Waals surface area contributed by atoms with E-state index in [1.807, 2.05) is 6.92 Å². The molecule has 0 radical (unpaired) electrons. The highest BCUT2D eigenvalue weighted by molar-refractivity contribution is 9.10. The van der Waals surface area contributed by atoms with Crippen LogP contribution in [0, 0.1) is 0 Å². The molecular formula is C16H21BrClN3. The second kappa shape index (κ2) is 5.56. The van der Waals surface area contributed by atoms with E-state index >= 15 is 0 Å². The molecule has 5 heteroatoms. The summed E-state index contributed by atoms with van der Waals surface area (Å²) in [6.07, 6.45) is 3.79. The van der Waals surface area contributed by atoms with Crippen molar-refractivity contribution in [3.8, 4) is 0 Å². The van der Waals surface area contributed by atoms with Crippen LogP contribution >= 0.6 is 27.5 Å². The summed E-state index contributed by atoms with van der Waals surface area (Å²) in [4.78, 5) is 7.12. The summed E-state index contributed by atoms with van der Waals surface area (Å²) in [6, 6.07) is 6.28. The molecule has 1 atom stereocenters. The summed E-state index contributed by atoms with van der Waals surface area (Å²) in [7, 11) is 4.36. The van der Waals surface area contributed by atoms with Gasteiger partial charge >= 0.3 is 0 Å². The van der Waals surface area contributed by atoms with Crippen LogP contribution in [0.3, 0.4) is 0 Å². The van der Waals surface area contributed by atoms with E-state index in [1.165, 1.54) is 24.8 Å². The van der Waals surface area contributed by atoms with E-state index < -0.39 is 0 Å². The van der Waals surface area contributed by atoms with E-state index in [2.05, 4.69) is 57.7 Å². The van der Waals surface area contributed by atoms with Gasteiger partial charge in [-0.25, -0.2) is 4.98 Å². The monoisotopic (exact) mass is 369 g/mol. The number of imidazole rings is 1. The van der Waals surface area contributed by atoms with Crippen molar-refractivity contribution in [2.24, 2.45) is 0 Å². The number of hydrogen-bond donors (Lipinski definition) is 0. The van der Waals surface area contributed by atoms with Gasteiger partial charge in [0.05, 0.1) is 16.4 Å². The number of hydrogen-bond acceptors (Lipinski definition) is 2. The van der Waals surface area contributed by atoms with Crippen LogP contribution < -0.4 is 0 Å². The number of rotatable bonds is 4. The zero-order chi connectivity index (χ0) is 15.2. The number of nitrogens with zero attached hydrogens (tertiary/aromatic N) is 3. The molecule has 3 rings (SSSR count). The molecule has 1 saturated carbocycles. The van der Waals surface area contributed by atoms with Crippen molar-refractivity contribution in [2.75, 3.05) is 14.1 Å². The minimum absolute atomic E-state index is 0.0875. The lowest BCUT2D eigenvalue weighted by Crippen LogP contribution is -2.53. The Kier molecular flexibility index (Phi) is 4.06. The number of halogens is 2. The number of alkyl halides is 1. The Labute approximate surface area is 139 Å². The molecule has 1 heterocycles. The average Bonchev–Trinajstić information content (AvgIpc) is 2.71. The fourth-order valence-electron chi connectivity index (χ4n) is 3.22. The van der Waals surface area contributed by atoms with Crippen LogP contribution in [-0.4, -0.2) is 34.1 Å². The molecule has 21 heavy (non-hydrogen) atoms. The summed E-state index contributed by atoms with van der Waals surface area (Å²) in [6.45, 7) is 2.96. The van der Waals surface area contributed by atoms with Crippen LogP contribution in [0.2, 0.25) is 0 Å². The third-order valence-corrected chi connectivity index (χ3v) is 5.47. The largest absolute Gasteiger partial charge is 0.325 e. The highest BCUT2D eigenvalue weighted by Gasteiger charge is 2.40. The molecule has 0 amide bonds. The molecule has 114 valence electrons. The second-order valence-corrected chi connectivity index (χ2v) is 7.85. The van der Waals surface area contributed by atoms with Crippen LogP contribution in [0.1, 0.15) is 37.4 Å². The molecular weight excluding hydrogens is 350 g/mol. The van der Waals surface area contributed by atoms with Gasteiger partial charge in [0, 0.05) is 16.6 Å². The average molecular weight is 371 g/mol. The number of aromatic nitrogens is 2. The molecule has 1 aliphatic rings. The van der Waals surface area contributed by atoms with Crippen LogP contribution in [0.4, 0.5) is 0 Å². The summed E-state index contributed by atoms with van der Waals surface area (Å²) in [5, 5.41) is -0.0875. The molecule has 3 nitrogen and oxygen atoms in total. The third kappa shape index (κ3) is 2.62. The van der Waals surface area contributed by atoms with Gasteiger partial charge in [-0.05, 0) is 58.5 Å². The van der Waals surface area contributed by atoms with Crippen LogP contribution in [-0.2, 0) is 6.54 Å². The lowest BCUT2D eigenvalue weighted by molar-refractivity contribution is 0.0427. The van der Waals surface area contributed by atoms with Gasteiger partial charge in [0.2, 0.25) is 0 Å². The maximum atomic E-state index is 6.38. The topological polar surface area (TPSA) is 21.1 Å². The van der Waals surface area contributed by atoms with Crippen molar-refractivity contribution in [3.05, 3.63) is 28.5 Å². The van der Waals surface area contributed by atoms with E-state index in [1.54, 1.807) is 0 Å². The lowest BCUT2D eigenvalue weighted by atomic mass is 9.75. The first-order valence-corrected chi connectivity index (χ1v) is 8.63. The fourth-order valence-corrected chi connectivity index (χ4v) is 3.73. The van der Waals surface area contributed by atoms with Gasteiger partial charge in [0.25, 0.3) is 0 Å². The van der Waals surface area contributed by atoms with E-state index in [0.29, 0.717) is 0 Å². The maximum absolute atomic E-state index is 6.38. The smallest absolute Gasteiger partial charge is 0.127 e. The second-order valence-electron chi connectivity index (χ2n) is 6.28. The van der Waals surface area contributed by atoms with E-state index in [-0.39, 0.29) is 10.9 Å². The Morgan fingerprint density at radius 3 is 2.67 bits per heavy atom. The van der Waals surface area contributed by atoms with Crippen molar-refractivity contribution in [1.29, 1.82) is 0 Å². The van der Waals surface area contributed by atoms with Gasteiger partial charge in [0.1, 0.15) is 5.82 Å². The van der Waals surface area contributed by atoms with Gasteiger partial charge in [-0.1, -0.05) is 15.9 Å². The molecule has 1 aliphatic carbocycles. The predicted octanol–water partition coefficient (Wildman–Crippen LogP) is 4.58. The number of benzene rings is 1. The van der Waals surface area contributed by atoms with Gasteiger partial charge in [-0.3, -0.25) is 0 Å². The van der Waals surface area contributed by atoms with E-state index in [9.17, 15) is 0 Å². The first-order valence-electron chi connectivity index (χ1n) is 7.40. The van der Waals surface area contributed by atoms with E-state index in [0.717, 1.165) is 22.4 Å². The molecule has 1 aromatic heterocycles. The van der Waals surface area contributed by atoms with Crippen LogP contribution in [0.15, 0.2) is 22.7 Å². The molecule has 1 fully saturated rings. The molecule has 1 unspecified atom stereocenters. The third-order valence-electron chi connectivity index (χ3n) is 4.78. The quantitative estimate of drug-likeness (QED) is 0.734. The van der Waals surface area contributed by atoms with Gasteiger partial charge in [-0.2, -0.15) is 0 Å². The summed E-state index contributed by atoms with van der Waals surface area (Å²) in [5.41, 5.74) is 2.44. The molecule has 0 N–H and O–H groups in total. The molecule has 0 aliphatic heterocycles. The van der Waals surface area contributed by atoms with Crippen LogP contribution in [0.5, 0.6) is 0 Å². The summed E-state index contributed by atoms with van der Waals surface area (Å²) >= 11 is 9.90. The normalized spacial score (nSPS) is 19.0. The minimum Gasteiger partial charge on any atom is -0.325 e.